The number of fused-ring (bicyclic) bond motifs is 1. The van der Waals surface area contributed by atoms with Crippen molar-refractivity contribution in [2.45, 2.75) is 18.9 Å². The van der Waals surface area contributed by atoms with Crippen molar-refractivity contribution in [2.75, 3.05) is 18.9 Å². The molecule has 5 rings (SSSR count). The van der Waals surface area contributed by atoms with Crippen molar-refractivity contribution in [3.63, 3.8) is 0 Å². The molecule has 3 heterocycles. The lowest BCUT2D eigenvalue weighted by molar-refractivity contribution is -0.119. The molecule has 0 saturated carbocycles. The van der Waals surface area contributed by atoms with Crippen LogP contribution in [-0.4, -0.2) is 40.8 Å². The number of anilines is 1. The van der Waals surface area contributed by atoms with Crippen molar-refractivity contribution in [1.82, 2.24) is 9.47 Å². The van der Waals surface area contributed by atoms with Gasteiger partial charge in [-0.05, 0) is 44.6 Å². The van der Waals surface area contributed by atoms with Crippen molar-refractivity contribution < 1.29 is 11.0 Å². The first-order valence-corrected chi connectivity index (χ1v) is 11.6. The Balaban J connectivity index is 1.68. The van der Waals surface area contributed by atoms with E-state index in [2.05, 4.69) is 5.32 Å². The number of rotatable bonds is 5. The average molecular weight is 459 g/mol. The minimum Gasteiger partial charge on any atom is -0.316 e. The van der Waals surface area contributed by atoms with Crippen molar-refractivity contribution >= 4 is 38.2 Å². The highest BCUT2D eigenvalue weighted by Gasteiger charge is 2.30. The van der Waals surface area contributed by atoms with Gasteiger partial charge in [-0.3, -0.25) is 23.9 Å². The first kappa shape index (κ1) is 20.1. The largest absolute Gasteiger partial charge is 0.316 e. The SMILES string of the molecule is [2H]CN1CCC[C@H]1C(=O)Nc1sc2c(ccc(=O)n2-c2ccccc2)c1C(=O)c1ccccc1. The number of carbonyl (C=O) groups is 2. The molecule has 1 atom stereocenters. The minimum absolute atomic E-state index is 0.0495. The molecule has 1 aliphatic heterocycles. The Morgan fingerprint density at radius 3 is 2.48 bits per heavy atom. The summed E-state index contributed by atoms with van der Waals surface area (Å²) in [6.45, 7) is 0.706. The number of likely N-dealkylation sites (N-methyl/N-ethyl adjacent to an activating group) is 1. The summed E-state index contributed by atoms with van der Waals surface area (Å²) in [7, 11) is 0.0495. The van der Waals surface area contributed by atoms with Crippen LogP contribution < -0.4 is 10.9 Å². The molecule has 166 valence electrons. The van der Waals surface area contributed by atoms with Crippen LogP contribution in [-0.2, 0) is 4.79 Å². The monoisotopic (exact) mass is 458 g/mol. The van der Waals surface area contributed by atoms with Crippen molar-refractivity contribution in [1.29, 1.82) is 0 Å². The number of nitrogens with one attached hydrogen (secondary N) is 1. The number of hydrogen-bond donors (Lipinski definition) is 1. The topological polar surface area (TPSA) is 71.4 Å². The van der Waals surface area contributed by atoms with E-state index in [4.69, 9.17) is 1.37 Å². The third-order valence-electron chi connectivity index (χ3n) is 5.92. The van der Waals surface area contributed by atoms with Gasteiger partial charge in [-0.15, -0.1) is 0 Å². The number of pyridine rings is 1. The Morgan fingerprint density at radius 1 is 1.03 bits per heavy atom. The predicted octanol–water partition coefficient (Wildman–Crippen LogP) is 4.32. The molecule has 0 unspecified atom stereocenters. The summed E-state index contributed by atoms with van der Waals surface area (Å²) in [5.74, 6) is -0.448. The second kappa shape index (κ2) is 8.77. The van der Waals surface area contributed by atoms with E-state index in [0.717, 1.165) is 6.42 Å². The van der Waals surface area contributed by atoms with Crippen LogP contribution in [0.2, 0.25) is 0 Å². The fraction of sp³-hybridized carbons (Fsp3) is 0.192. The molecule has 7 heteroatoms. The van der Waals surface area contributed by atoms with Crippen LogP contribution in [0.4, 0.5) is 5.00 Å². The van der Waals surface area contributed by atoms with Crippen molar-refractivity contribution in [3.8, 4) is 5.69 Å². The molecule has 6 nitrogen and oxygen atoms in total. The zero-order chi connectivity index (χ0) is 23.7. The summed E-state index contributed by atoms with van der Waals surface area (Å²) >= 11 is 1.22. The average Bonchev–Trinajstić information content (AvgIpc) is 3.49. The third-order valence-corrected chi connectivity index (χ3v) is 7.03. The zero-order valence-corrected chi connectivity index (χ0v) is 18.7. The number of aromatic nitrogens is 1. The molecule has 0 aliphatic carbocycles. The van der Waals surface area contributed by atoms with Crippen LogP contribution in [0.3, 0.4) is 0 Å². The first-order chi connectivity index (χ1) is 16.6. The Kier molecular flexibility index (Phi) is 5.34. The van der Waals surface area contributed by atoms with E-state index in [1.165, 1.54) is 17.4 Å². The maximum atomic E-state index is 13.6. The third kappa shape index (κ3) is 3.90. The van der Waals surface area contributed by atoms with E-state index >= 15 is 0 Å². The lowest BCUT2D eigenvalue weighted by atomic mass is 10.0. The molecule has 1 aliphatic rings. The minimum atomic E-state index is -0.404. The van der Waals surface area contributed by atoms with Gasteiger partial charge in [0.15, 0.2) is 5.78 Å². The van der Waals surface area contributed by atoms with Gasteiger partial charge in [0.05, 0.1) is 17.3 Å². The summed E-state index contributed by atoms with van der Waals surface area (Å²) < 4.78 is 9.29. The van der Waals surface area contributed by atoms with E-state index in [1.54, 1.807) is 34.9 Å². The highest BCUT2D eigenvalue weighted by molar-refractivity contribution is 7.23. The fourth-order valence-corrected chi connectivity index (χ4v) is 5.49. The van der Waals surface area contributed by atoms with Crippen LogP contribution in [0.1, 0.15) is 30.1 Å². The number of benzene rings is 2. The second-order valence-electron chi connectivity index (χ2n) is 8.02. The van der Waals surface area contributed by atoms with Gasteiger partial charge in [0.2, 0.25) is 5.91 Å². The molecule has 1 amide bonds. The second-order valence-corrected chi connectivity index (χ2v) is 9.02. The highest BCUT2D eigenvalue weighted by atomic mass is 32.1. The van der Waals surface area contributed by atoms with Gasteiger partial charge in [-0.1, -0.05) is 59.9 Å². The van der Waals surface area contributed by atoms with Crippen LogP contribution >= 0.6 is 11.3 Å². The van der Waals surface area contributed by atoms with E-state index < -0.39 is 6.04 Å². The van der Waals surface area contributed by atoms with Crippen LogP contribution in [0.5, 0.6) is 0 Å². The maximum absolute atomic E-state index is 13.6. The normalized spacial score (nSPS) is 16.6. The maximum Gasteiger partial charge on any atom is 0.256 e. The number of hydrogen-bond acceptors (Lipinski definition) is 5. The Hall–Kier alpha value is -3.55. The lowest BCUT2D eigenvalue weighted by Gasteiger charge is -2.18. The molecule has 33 heavy (non-hydrogen) atoms. The number of carbonyl (C=O) groups excluding carboxylic acids is 2. The molecule has 0 bridgehead atoms. The number of likely N-dealkylation sites (tertiary alicyclic amines) is 1. The van der Waals surface area contributed by atoms with Crippen LogP contribution in [0.25, 0.3) is 15.9 Å². The number of para-hydroxylation sites is 1. The van der Waals surface area contributed by atoms with Gasteiger partial charge in [-0.2, -0.15) is 0 Å². The summed E-state index contributed by atoms with van der Waals surface area (Å²) in [4.78, 5) is 42.1. The van der Waals surface area contributed by atoms with Gasteiger partial charge in [0.1, 0.15) is 9.83 Å². The van der Waals surface area contributed by atoms with E-state index in [1.807, 2.05) is 41.3 Å². The number of amides is 1. The molecular weight excluding hydrogens is 434 g/mol. The molecule has 1 N–H and O–H groups in total. The highest BCUT2D eigenvalue weighted by Crippen LogP contribution is 2.38. The fourth-order valence-electron chi connectivity index (χ4n) is 4.27. The predicted molar refractivity (Wildman–Crippen MR) is 132 cm³/mol. The van der Waals surface area contributed by atoms with Crippen LogP contribution in [0, 0.1) is 0 Å². The molecule has 1 saturated heterocycles. The quantitative estimate of drug-likeness (QED) is 0.452. The molecular formula is C26H23N3O3S. The molecule has 1 fully saturated rings. The standard InChI is InChI=1S/C26H23N3O3S/c1-28-16-8-13-20(28)24(32)27-25-22(23(31)17-9-4-2-5-10-17)19-14-15-21(30)29(26(19)33-25)18-11-6-3-7-12-18/h2-7,9-12,14-15,20H,8,13,16H2,1H3,(H,27,32)/t20-/m0/s1/i1D. The zero-order valence-electron chi connectivity index (χ0n) is 18.9. The summed E-state index contributed by atoms with van der Waals surface area (Å²) in [6, 6.07) is 20.9. The number of thiophene rings is 1. The smallest absolute Gasteiger partial charge is 0.256 e. The molecule has 2 aromatic carbocycles. The van der Waals surface area contributed by atoms with Gasteiger partial charge < -0.3 is 5.32 Å². The Bertz CT molecular complexity index is 1420. The van der Waals surface area contributed by atoms with Crippen molar-refractivity contribution in [2.24, 2.45) is 0 Å². The Labute approximate surface area is 196 Å². The number of ketones is 1. The van der Waals surface area contributed by atoms with Crippen LogP contribution in [0.15, 0.2) is 77.6 Å². The lowest BCUT2D eigenvalue weighted by Crippen LogP contribution is -2.37. The van der Waals surface area contributed by atoms with E-state index in [9.17, 15) is 14.4 Å². The molecule has 4 aromatic rings. The summed E-state index contributed by atoms with van der Waals surface area (Å²) in [5.41, 5.74) is 1.35. The number of nitrogens with zero attached hydrogens (tertiary/aromatic N) is 2. The first-order valence-electron chi connectivity index (χ1n) is 11.5. The molecule has 2 aromatic heterocycles. The summed E-state index contributed by atoms with van der Waals surface area (Å²) in [6.07, 6.45) is 1.53. The van der Waals surface area contributed by atoms with Gasteiger partial charge in [0.25, 0.3) is 5.56 Å². The Morgan fingerprint density at radius 2 is 1.76 bits per heavy atom. The van der Waals surface area contributed by atoms with E-state index in [0.29, 0.717) is 45.0 Å². The van der Waals surface area contributed by atoms with Gasteiger partial charge in [-0.25, -0.2) is 0 Å². The van der Waals surface area contributed by atoms with Gasteiger partial charge in [0, 0.05) is 18.4 Å². The van der Waals surface area contributed by atoms with Crippen molar-refractivity contribution in [3.05, 3.63) is 94.3 Å². The van der Waals surface area contributed by atoms with Gasteiger partial charge >= 0.3 is 0 Å². The molecule has 0 radical (unpaired) electrons. The summed E-state index contributed by atoms with van der Waals surface area (Å²) in [5, 5.41) is 4.00. The molecule has 0 spiro atoms. The van der Waals surface area contributed by atoms with E-state index in [-0.39, 0.29) is 24.3 Å².